The zero-order valence-corrected chi connectivity index (χ0v) is 19.3. The Bertz CT molecular complexity index is 1360. The molecule has 0 aliphatic heterocycles. The highest BCUT2D eigenvalue weighted by atomic mass is 35.5. The van der Waals surface area contributed by atoms with Crippen LogP contribution in [0.15, 0.2) is 78.2 Å². The lowest BCUT2D eigenvalue weighted by Gasteiger charge is -2.14. The highest BCUT2D eigenvalue weighted by molar-refractivity contribution is 7.99. The number of rotatable bonds is 6. The maximum Gasteiger partial charge on any atom is 0.191 e. The van der Waals surface area contributed by atoms with Gasteiger partial charge in [0.05, 0.1) is 16.3 Å². The van der Waals surface area contributed by atoms with E-state index >= 15 is 0 Å². The van der Waals surface area contributed by atoms with E-state index in [1.54, 1.807) is 24.2 Å². The van der Waals surface area contributed by atoms with Crippen LogP contribution in [0.4, 0.5) is 0 Å². The van der Waals surface area contributed by atoms with Crippen molar-refractivity contribution in [3.63, 3.8) is 0 Å². The van der Waals surface area contributed by atoms with Gasteiger partial charge in [-0.3, -0.25) is 4.98 Å². The first-order chi connectivity index (χ1) is 15.6. The molecule has 3 heterocycles. The standard InChI is InChI=1S/C24H21ClN6S/c1-16(32-24-29-28-23(30(24)2)18-9-6-12-26-14-18)22-27-20-13-19(25)10-11-21(20)31(22)15-17-7-4-3-5-8-17/h3-14,16H,15H2,1-2H3. The lowest BCUT2D eigenvalue weighted by atomic mass is 10.2. The van der Waals surface area contributed by atoms with Gasteiger partial charge in [-0.15, -0.1) is 10.2 Å². The van der Waals surface area contributed by atoms with Gasteiger partial charge in [0.15, 0.2) is 11.0 Å². The zero-order chi connectivity index (χ0) is 22.1. The molecule has 0 saturated heterocycles. The van der Waals surface area contributed by atoms with Crippen molar-refractivity contribution in [3.8, 4) is 11.4 Å². The number of imidazole rings is 1. The number of pyridine rings is 1. The molecule has 0 amide bonds. The Morgan fingerprint density at radius 3 is 2.66 bits per heavy atom. The Kier molecular flexibility index (Phi) is 5.68. The minimum absolute atomic E-state index is 0.0505. The van der Waals surface area contributed by atoms with Gasteiger partial charge in [0.2, 0.25) is 0 Å². The van der Waals surface area contributed by atoms with Crippen LogP contribution < -0.4 is 0 Å². The lowest BCUT2D eigenvalue weighted by Crippen LogP contribution is -2.07. The predicted molar refractivity (Wildman–Crippen MR) is 129 cm³/mol. The lowest BCUT2D eigenvalue weighted by molar-refractivity contribution is 0.738. The highest BCUT2D eigenvalue weighted by Gasteiger charge is 2.21. The third-order valence-corrected chi connectivity index (χ3v) is 6.69. The molecular formula is C24H21ClN6S. The number of benzene rings is 2. The zero-order valence-electron chi connectivity index (χ0n) is 17.7. The Labute approximate surface area is 195 Å². The fourth-order valence-electron chi connectivity index (χ4n) is 3.74. The fraction of sp³-hybridized carbons (Fsp3) is 0.167. The number of halogens is 1. The number of hydrogen-bond donors (Lipinski definition) is 0. The minimum atomic E-state index is 0.0505. The maximum atomic E-state index is 6.25. The number of nitrogens with zero attached hydrogens (tertiary/aromatic N) is 6. The second kappa shape index (κ2) is 8.76. The first kappa shape index (κ1) is 20.7. The summed E-state index contributed by atoms with van der Waals surface area (Å²) >= 11 is 7.89. The van der Waals surface area contributed by atoms with Gasteiger partial charge < -0.3 is 9.13 Å². The minimum Gasteiger partial charge on any atom is -0.323 e. The molecule has 160 valence electrons. The Morgan fingerprint density at radius 1 is 1.03 bits per heavy atom. The molecule has 6 nitrogen and oxygen atoms in total. The van der Waals surface area contributed by atoms with Gasteiger partial charge in [-0.05, 0) is 42.8 Å². The molecule has 3 aromatic heterocycles. The molecule has 5 rings (SSSR count). The van der Waals surface area contributed by atoms with Crippen LogP contribution in [0, 0.1) is 0 Å². The average molecular weight is 461 g/mol. The van der Waals surface area contributed by atoms with E-state index in [-0.39, 0.29) is 5.25 Å². The van der Waals surface area contributed by atoms with Crippen LogP contribution in [0.25, 0.3) is 22.4 Å². The van der Waals surface area contributed by atoms with Crippen LogP contribution in [0.2, 0.25) is 5.02 Å². The maximum absolute atomic E-state index is 6.25. The number of fused-ring (bicyclic) bond motifs is 1. The van der Waals surface area contributed by atoms with E-state index in [0.717, 1.165) is 39.9 Å². The molecule has 0 N–H and O–H groups in total. The molecule has 0 aliphatic carbocycles. The quantitative estimate of drug-likeness (QED) is 0.300. The van der Waals surface area contributed by atoms with Crippen LogP contribution in [-0.2, 0) is 13.6 Å². The molecule has 0 radical (unpaired) electrons. The summed E-state index contributed by atoms with van der Waals surface area (Å²) in [5.41, 5.74) is 4.12. The van der Waals surface area contributed by atoms with Crippen LogP contribution >= 0.6 is 23.4 Å². The van der Waals surface area contributed by atoms with Gasteiger partial charge >= 0.3 is 0 Å². The van der Waals surface area contributed by atoms with Gasteiger partial charge in [-0.25, -0.2) is 4.98 Å². The van der Waals surface area contributed by atoms with Gasteiger partial charge in [-0.2, -0.15) is 0 Å². The topological polar surface area (TPSA) is 61.4 Å². The van der Waals surface area contributed by atoms with Crippen LogP contribution in [0.3, 0.4) is 0 Å². The predicted octanol–water partition coefficient (Wildman–Crippen LogP) is 5.78. The van der Waals surface area contributed by atoms with Crippen molar-refractivity contribution < 1.29 is 0 Å². The monoisotopic (exact) mass is 460 g/mol. The first-order valence-electron chi connectivity index (χ1n) is 10.3. The van der Waals surface area contributed by atoms with E-state index in [1.165, 1.54) is 5.56 Å². The molecular weight excluding hydrogens is 440 g/mol. The summed E-state index contributed by atoms with van der Waals surface area (Å²) in [7, 11) is 1.98. The number of thioether (sulfide) groups is 1. The Morgan fingerprint density at radius 2 is 1.88 bits per heavy atom. The van der Waals surface area contributed by atoms with Crippen molar-refractivity contribution in [3.05, 3.63) is 89.5 Å². The van der Waals surface area contributed by atoms with E-state index in [2.05, 4.69) is 50.9 Å². The third-order valence-electron chi connectivity index (χ3n) is 5.32. The summed E-state index contributed by atoms with van der Waals surface area (Å²) in [4.78, 5) is 9.14. The second-order valence-corrected chi connectivity index (χ2v) is 9.29. The molecule has 8 heteroatoms. The molecule has 1 unspecified atom stereocenters. The van der Waals surface area contributed by atoms with E-state index in [0.29, 0.717) is 5.02 Å². The second-order valence-electron chi connectivity index (χ2n) is 7.54. The van der Waals surface area contributed by atoms with Crippen molar-refractivity contribution >= 4 is 34.4 Å². The van der Waals surface area contributed by atoms with Crippen molar-refractivity contribution in [2.24, 2.45) is 7.05 Å². The van der Waals surface area contributed by atoms with Crippen LogP contribution in [-0.4, -0.2) is 29.3 Å². The number of hydrogen-bond acceptors (Lipinski definition) is 5. The molecule has 0 aliphatic rings. The fourth-order valence-corrected chi connectivity index (χ4v) is 4.84. The summed E-state index contributed by atoms with van der Waals surface area (Å²) in [5, 5.41) is 10.4. The van der Waals surface area contributed by atoms with Crippen molar-refractivity contribution in [2.45, 2.75) is 23.9 Å². The van der Waals surface area contributed by atoms with Gasteiger partial charge in [0, 0.05) is 36.6 Å². The van der Waals surface area contributed by atoms with Crippen molar-refractivity contribution in [2.75, 3.05) is 0 Å². The van der Waals surface area contributed by atoms with E-state index in [9.17, 15) is 0 Å². The van der Waals surface area contributed by atoms with Gasteiger partial charge in [-0.1, -0.05) is 53.7 Å². The average Bonchev–Trinajstić information content (AvgIpc) is 3.35. The summed E-state index contributed by atoms with van der Waals surface area (Å²) in [6, 6.07) is 20.2. The molecule has 0 bridgehead atoms. The molecule has 5 aromatic rings. The summed E-state index contributed by atoms with van der Waals surface area (Å²) in [5.74, 6) is 1.76. The van der Waals surface area contributed by atoms with Gasteiger partial charge in [0.25, 0.3) is 0 Å². The highest BCUT2D eigenvalue weighted by Crippen LogP contribution is 2.36. The largest absolute Gasteiger partial charge is 0.323 e. The summed E-state index contributed by atoms with van der Waals surface area (Å²) in [6.45, 7) is 2.88. The van der Waals surface area contributed by atoms with Crippen LogP contribution in [0.5, 0.6) is 0 Å². The molecule has 0 spiro atoms. The molecule has 1 atom stereocenters. The molecule has 0 saturated carbocycles. The van der Waals surface area contributed by atoms with E-state index < -0.39 is 0 Å². The smallest absolute Gasteiger partial charge is 0.191 e. The van der Waals surface area contributed by atoms with Crippen LogP contribution in [0.1, 0.15) is 23.6 Å². The summed E-state index contributed by atoms with van der Waals surface area (Å²) < 4.78 is 4.26. The van der Waals surface area contributed by atoms with Crippen molar-refractivity contribution in [1.82, 2.24) is 29.3 Å². The third kappa shape index (κ3) is 4.01. The first-order valence-corrected chi connectivity index (χ1v) is 11.5. The molecule has 2 aromatic carbocycles. The van der Waals surface area contributed by atoms with E-state index in [4.69, 9.17) is 16.6 Å². The molecule has 32 heavy (non-hydrogen) atoms. The Balaban J connectivity index is 1.50. The SMILES string of the molecule is CC(Sc1nnc(-c2cccnc2)n1C)c1nc2cc(Cl)ccc2n1Cc1ccccc1. The summed E-state index contributed by atoms with van der Waals surface area (Å²) in [6.07, 6.45) is 3.55. The molecule has 0 fully saturated rings. The normalized spacial score (nSPS) is 12.3. The van der Waals surface area contributed by atoms with E-state index in [1.807, 2.05) is 48.0 Å². The number of aromatic nitrogens is 6. The van der Waals surface area contributed by atoms with Crippen molar-refractivity contribution in [1.29, 1.82) is 0 Å². The Hall–Kier alpha value is -3.16. The van der Waals surface area contributed by atoms with Gasteiger partial charge in [0.1, 0.15) is 5.82 Å².